The summed E-state index contributed by atoms with van der Waals surface area (Å²) >= 11 is 0. The molecule has 0 aliphatic rings. The number of aryl methyl sites for hydroxylation is 1. The normalized spacial score (nSPS) is 14.1. The first-order valence-electron chi connectivity index (χ1n) is 4.66. The van der Waals surface area contributed by atoms with E-state index in [1.165, 1.54) is 0 Å². The van der Waals surface area contributed by atoms with Crippen LogP contribution < -0.4 is 11.1 Å². The van der Waals surface area contributed by atoms with E-state index in [4.69, 9.17) is 10.9 Å². The number of aromatic nitrogens is 3. The zero-order valence-corrected chi connectivity index (χ0v) is 8.88. The highest BCUT2D eigenvalue weighted by molar-refractivity contribution is 5.80. The van der Waals surface area contributed by atoms with Crippen LogP contribution in [-0.2, 0) is 13.6 Å². The molecule has 0 spiro atoms. The lowest BCUT2D eigenvalue weighted by Gasteiger charge is -2.10. The van der Waals surface area contributed by atoms with Crippen LogP contribution in [0.4, 0.5) is 0 Å². The predicted octanol–water partition coefficient (Wildman–Crippen LogP) is -0.570. The molecule has 0 bridgehead atoms. The van der Waals surface area contributed by atoms with Gasteiger partial charge in [0.05, 0.1) is 6.54 Å². The number of nitrogens with one attached hydrogen (secondary N) is 1. The molecule has 0 amide bonds. The van der Waals surface area contributed by atoms with Crippen molar-refractivity contribution in [2.45, 2.75) is 25.9 Å². The maximum Gasteiger partial charge on any atom is 0.164 e. The highest BCUT2D eigenvalue weighted by Gasteiger charge is 2.06. The van der Waals surface area contributed by atoms with Crippen LogP contribution in [0.15, 0.2) is 11.5 Å². The Morgan fingerprint density at radius 2 is 2.53 bits per heavy atom. The van der Waals surface area contributed by atoms with Crippen molar-refractivity contribution in [3.8, 4) is 0 Å². The number of nitrogens with two attached hydrogens (primary N) is 1. The van der Waals surface area contributed by atoms with E-state index < -0.39 is 0 Å². The van der Waals surface area contributed by atoms with Crippen LogP contribution in [-0.4, -0.2) is 31.8 Å². The molecule has 0 aromatic carbocycles. The summed E-state index contributed by atoms with van der Waals surface area (Å²) in [6.45, 7) is 2.52. The van der Waals surface area contributed by atoms with Gasteiger partial charge in [-0.15, -0.1) is 0 Å². The first kappa shape index (κ1) is 11.4. The molecule has 1 aromatic rings. The number of hydrogen-bond donors (Lipinski definition) is 3. The van der Waals surface area contributed by atoms with Crippen LogP contribution in [0, 0.1) is 0 Å². The van der Waals surface area contributed by atoms with E-state index in [1.54, 1.807) is 11.0 Å². The molecule has 7 nitrogen and oxygen atoms in total. The molecule has 0 radical (unpaired) electrons. The van der Waals surface area contributed by atoms with Crippen molar-refractivity contribution in [2.75, 3.05) is 0 Å². The third kappa shape index (κ3) is 3.94. The average molecular weight is 212 g/mol. The Bertz CT molecular complexity index is 334. The number of oxime groups is 1. The second-order valence-corrected chi connectivity index (χ2v) is 3.41. The van der Waals surface area contributed by atoms with Crippen molar-refractivity contribution in [3.63, 3.8) is 0 Å². The Kier molecular flexibility index (Phi) is 4.04. The highest BCUT2D eigenvalue weighted by atomic mass is 16.4. The number of hydrogen-bond acceptors (Lipinski definition) is 5. The Balaban J connectivity index is 2.31. The minimum atomic E-state index is 0.115. The molecule has 1 aromatic heterocycles. The molecular weight excluding hydrogens is 196 g/mol. The van der Waals surface area contributed by atoms with E-state index in [0.29, 0.717) is 13.0 Å². The molecule has 0 aliphatic heterocycles. The van der Waals surface area contributed by atoms with Crippen molar-refractivity contribution in [1.82, 2.24) is 20.1 Å². The van der Waals surface area contributed by atoms with E-state index in [9.17, 15) is 0 Å². The quantitative estimate of drug-likeness (QED) is 0.262. The van der Waals surface area contributed by atoms with E-state index in [-0.39, 0.29) is 11.9 Å². The Hall–Kier alpha value is -1.63. The summed E-state index contributed by atoms with van der Waals surface area (Å²) in [5, 5.41) is 18.6. The molecule has 15 heavy (non-hydrogen) atoms. The van der Waals surface area contributed by atoms with Crippen molar-refractivity contribution in [1.29, 1.82) is 0 Å². The van der Waals surface area contributed by atoms with Crippen LogP contribution in [0.5, 0.6) is 0 Å². The Morgan fingerprint density at radius 1 is 1.80 bits per heavy atom. The minimum Gasteiger partial charge on any atom is -0.409 e. The zero-order valence-electron chi connectivity index (χ0n) is 8.88. The first-order valence-corrected chi connectivity index (χ1v) is 4.66. The third-order valence-electron chi connectivity index (χ3n) is 1.90. The second-order valence-electron chi connectivity index (χ2n) is 3.41. The summed E-state index contributed by atoms with van der Waals surface area (Å²) in [6.07, 6.45) is 2.13. The summed E-state index contributed by atoms with van der Waals surface area (Å²) in [7, 11) is 1.82. The van der Waals surface area contributed by atoms with Crippen molar-refractivity contribution in [2.24, 2.45) is 17.9 Å². The van der Waals surface area contributed by atoms with Gasteiger partial charge in [-0.3, -0.25) is 4.68 Å². The summed E-state index contributed by atoms with van der Waals surface area (Å²) in [5.74, 6) is 0.938. The average Bonchev–Trinajstić information content (AvgIpc) is 2.61. The molecule has 7 heteroatoms. The molecule has 1 unspecified atom stereocenters. The fraction of sp³-hybridized carbons (Fsp3) is 0.625. The topological polar surface area (TPSA) is 101 Å². The molecule has 0 saturated carbocycles. The number of nitrogens with zero attached hydrogens (tertiary/aromatic N) is 4. The van der Waals surface area contributed by atoms with Crippen molar-refractivity contribution in [3.05, 3.63) is 12.2 Å². The fourth-order valence-corrected chi connectivity index (χ4v) is 1.16. The van der Waals surface area contributed by atoms with E-state index in [2.05, 4.69) is 20.6 Å². The Labute approximate surface area is 88.0 Å². The van der Waals surface area contributed by atoms with E-state index >= 15 is 0 Å². The summed E-state index contributed by atoms with van der Waals surface area (Å²) < 4.78 is 1.64. The van der Waals surface area contributed by atoms with Gasteiger partial charge in [0.25, 0.3) is 0 Å². The van der Waals surface area contributed by atoms with Crippen LogP contribution in [0.3, 0.4) is 0 Å². The Morgan fingerprint density at radius 3 is 3.07 bits per heavy atom. The van der Waals surface area contributed by atoms with Crippen molar-refractivity contribution < 1.29 is 5.21 Å². The maximum absolute atomic E-state index is 8.38. The predicted molar refractivity (Wildman–Crippen MR) is 55.3 cm³/mol. The number of amidine groups is 1. The van der Waals surface area contributed by atoms with Gasteiger partial charge in [0, 0.05) is 19.5 Å². The van der Waals surface area contributed by atoms with Crippen LogP contribution >= 0.6 is 0 Å². The molecule has 4 N–H and O–H groups in total. The molecule has 84 valence electrons. The smallest absolute Gasteiger partial charge is 0.164 e. The largest absolute Gasteiger partial charge is 0.409 e. The summed E-state index contributed by atoms with van der Waals surface area (Å²) in [5.41, 5.74) is 5.37. The molecule has 0 fully saturated rings. The molecule has 1 heterocycles. The molecule has 0 saturated heterocycles. The monoisotopic (exact) mass is 212 g/mol. The fourth-order valence-electron chi connectivity index (χ4n) is 1.16. The standard InChI is InChI=1S/C8H16N6O/c1-6(3-7(9)13-15)10-4-8-11-5-14(2)12-8/h5-6,10,15H,3-4H2,1-2H3,(H2,9,13). The van der Waals surface area contributed by atoms with Gasteiger partial charge >= 0.3 is 0 Å². The van der Waals surface area contributed by atoms with Gasteiger partial charge in [-0.2, -0.15) is 5.10 Å². The molecule has 0 aliphatic carbocycles. The maximum atomic E-state index is 8.38. The van der Waals surface area contributed by atoms with Gasteiger partial charge < -0.3 is 16.3 Å². The van der Waals surface area contributed by atoms with Gasteiger partial charge in [0.1, 0.15) is 12.2 Å². The second kappa shape index (κ2) is 5.30. The minimum absolute atomic E-state index is 0.115. The van der Waals surface area contributed by atoms with E-state index in [1.807, 2.05) is 14.0 Å². The van der Waals surface area contributed by atoms with Gasteiger partial charge in [-0.05, 0) is 6.92 Å². The number of rotatable bonds is 5. The van der Waals surface area contributed by atoms with Gasteiger partial charge in [0.15, 0.2) is 5.82 Å². The lowest BCUT2D eigenvalue weighted by atomic mass is 10.2. The molecule has 1 rings (SSSR count). The highest BCUT2D eigenvalue weighted by Crippen LogP contribution is 1.93. The summed E-state index contributed by atoms with van der Waals surface area (Å²) in [6, 6.07) is 0.115. The third-order valence-corrected chi connectivity index (χ3v) is 1.90. The lowest BCUT2D eigenvalue weighted by Crippen LogP contribution is -2.31. The van der Waals surface area contributed by atoms with Gasteiger partial charge in [0.2, 0.25) is 0 Å². The SMILES string of the molecule is CC(CC(N)=NO)NCc1ncn(C)n1. The molecule has 1 atom stereocenters. The van der Waals surface area contributed by atoms with Gasteiger partial charge in [-0.1, -0.05) is 5.16 Å². The zero-order chi connectivity index (χ0) is 11.3. The summed E-state index contributed by atoms with van der Waals surface area (Å²) in [4.78, 5) is 4.07. The van der Waals surface area contributed by atoms with Gasteiger partial charge in [-0.25, -0.2) is 4.98 Å². The van der Waals surface area contributed by atoms with Crippen LogP contribution in [0.1, 0.15) is 19.2 Å². The first-order chi connectivity index (χ1) is 7.11. The lowest BCUT2D eigenvalue weighted by molar-refractivity contribution is 0.315. The van der Waals surface area contributed by atoms with E-state index in [0.717, 1.165) is 5.82 Å². The van der Waals surface area contributed by atoms with Crippen LogP contribution in [0.25, 0.3) is 0 Å². The van der Waals surface area contributed by atoms with Crippen molar-refractivity contribution >= 4 is 5.84 Å². The van der Waals surface area contributed by atoms with Crippen LogP contribution in [0.2, 0.25) is 0 Å². The molecular formula is C8H16N6O.